The normalized spacial score (nSPS) is 17.3. The van der Waals surface area contributed by atoms with Crippen LogP contribution in [0.25, 0.3) is 6.08 Å². The predicted molar refractivity (Wildman–Crippen MR) is 123 cm³/mol. The second-order valence-electron chi connectivity index (χ2n) is 7.25. The first kappa shape index (κ1) is 20.0. The molecular weight excluding hydrogens is 422 g/mol. The lowest BCUT2D eigenvalue weighted by Crippen LogP contribution is -2.30. The first-order chi connectivity index (χ1) is 16.0. The van der Waals surface area contributed by atoms with Crippen LogP contribution in [-0.4, -0.2) is 33.3 Å². The predicted octanol–water partition coefficient (Wildman–Crippen LogP) is 3.58. The molecule has 33 heavy (non-hydrogen) atoms. The van der Waals surface area contributed by atoms with Crippen molar-refractivity contribution in [2.45, 2.75) is 0 Å². The lowest BCUT2D eigenvalue weighted by molar-refractivity contribution is -0.384. The lowest BCUT2D eigenvalue weighted by atomic mass is 10.1. The Kier molecular flexibility index (Phi) is 4.83. The molecule has 0 fully saturated rings. The fourth-order valence-corrected chi connectivity index (χ4v) is 3.56. The number of carbonyl (C=O) groups is 2. The Hall–Kier alpha value is -4.92. The number of amidine groups is 1. The smallest absolute Gasteiger partial charge is 0.298 e. The molecule has 2 heterocycles. The monoisotopic (exact) mass is 437 g/mol. The van der Waals surface area contributed by atoms with Gasteiger partial charge in [0.1, 0.15) is 5.70 Å². The summed E-state index contributed by atoms with van der Waals surface area (Å²) in [4.78, 5) is 40.9. The minimum Gasteiger partial charge on any atom is -0.320 e. The highest BCUT2D eigenvalue weighted by Gasteiger charge is 2.34. The van der Waals surface area contributed by atoms with Gasteiger partial charge in [-0.1, -0.05) is 60.7 Å². The molecule has 0 saturated heterocycles. The van der Waals surface area contributed by atoms with Gasteiger partial charge >= 0.3 is 0 Å². The van der Waals surface area contributed by atoms with E-state index in [4.69, 9.17) is 0 Å². The van der Waals surface area contributed by atoms with Gasteiger partial charge in [0, 0.05) is 23.3 Å². The first-order valence-corrected chi connectivity index (χ1v) is 9.95. The molecule has 160 valence electrons. The van der Waals surface area contributed by atoms with Crippen LogP contribution in [0.3, 0.4) is 0 Å². The van der Waals surface area contributed by atoms with Crippen LogP contribution in [0.5, 0.6) is 0 Å². The number of aliphatic imine (C=N–C) groups is 1. The van der Waals surface area contributed by atoms with Gasteiger partial charge < -0.3 is 5.32 Å². The number of anilines is 1. The SMILES string of the molecule is O=C1Nc2ccccc2/C1=N/N1C(=O)C(=Cc2cccc([N+](=O)[O-])c2)N=C1c1ccccc1. The number of carbonyl (C=O) groups excluding carboxylic acids is 2. The highest BCUT2D eigenvalue weighted by atomic mass is 16.6. The average molecular weight is 437 g/mol. The average Bonchev–Trinajstić information content (AvgIpc) is 3.31. The molecule has 3 aromatic carbocycles. The van der Waals surface area contributed by atoms with Crippen LogP contribution in [0.4, 0.5) is 11.4 Å². The van der Waals surface area contributed by atoms with Gasteiger partial charge in [0.05, 0.1) is 10.6 Å². The van der Waals surface area contributed by atoms with Gasteiger partial charge in [-0.15, -0.1) is 0 Å². The number of para-hydroxylation sites is 1. The maximum Gasteiger partial charge on any atom is 0.298 e. The lowest BCUT2D eigenvalue weighted by Gasteiger charge is -2.13. The van der Waals surface area contributed by atoms with Crippen molar-refractivity contribution in [1.82, 2.24) is 5.01 Å². The molecule has 0 aliphatic carbocycles. The Morgan fingerprint density at radius 2 is 1.73 bits per heavy atom. The largest absolute Gasteiger partial charge is 0.320 e. The van der Waals surface area contributed by atoms with Crippen molar-refractivity contribution >= 4 is 40.8 Å². The molecule has 0 spiro atoms. The molecular formula is C24H15N5O4. The molecule has 9 nitrogen and oxygen atoms in total. The van der Waals surface area contributed by atoms with E-state index >= 15 is 0 Å². The number of hydrogen-bond donors (Lipinski definition) is 1. The highest BCUT2D eigenvalue weighted by Crippen LogP contribution is 2.27. The number of benzene rings is 3. The summed E-state index contributed by atoms with van der Waals surface area (Å²) in [7, 11) is 0. The Labute approximate surface area is 187 Å². The van der Waals surface area contributed by atoms with Gasteiger partial charge in [0.15, 0.2) is 11.5 Å². The van der Waals surface area contributed by atoms with Crippen LogP contribution in [0.15, 0.2) is 94.7 Å². The standard InChI is InChI=1S/C24H15N5O4/c30-23-21(18-11-4-5-12-19(18)26-23)27-28-22(16-8-2-1-3-9-16)25-20(24(28)31)14-15-7-6-10-17(13-15)29(32)33/h1-14H,(H,26,27,30). The van der Waals surface area contributed by atoms with Crippen molar-refractivity contribution in [1.29, 1.82) is 0 Å². The number of hydrogen-bond acceptors (Lipinski definition) is 6. The van der Waals surface area contributed by atoms with Crippen molar-refractivity contribution < 1.29 is 14.5 Å². The summed E-state index contributed by atoms with van der Waals surface area (Å²) >= 11 is 0. The summed E-state index contributed by atoms with van der Waals surface area (Å²) in [5.41, 5.74) is 2.31. The minimum atomic E-state index is -0.551. The van der Waals surface area contributed by atoms with Crippen LogP contribution in [0, 0.1) is 10.1 Å². The zero-order chi connectivity index (χ0) is 22.9. The maximum absolute atomic E-state index is 13.3. The van der Waals surface area contributed by atoms with E-state index in [0.29, 0.717) is 22.4 Å². The minimum absolute atomic E-state index is 0.0467. The summed E-state index contributed by atoms with van der Waals surface area (Å²) in [5, 5.41) is 19.3. The van der Waals surface area contributed by atoms with E-state index in [-0.39, 0.29) is 22.9 Å². The third-order valence-electron chi connectivity index (χ3n) is 5.10. The van der Waals surface area contributed by atoms with E-state index in [9.17, 15) is 19.7 Å². The van der Waals surface area contributed by atoms with E-state index in [2.05, 4.69) is 15.4 Å². The van der Waals surface area contributed by atoms with E-state index in [1.807, 2.05) is 6.07 Å². The zero-order valence-electron chi connectivity index (χ0n) is 17.0. The van der Waals surface area contributed by atoms with Gasteiger partial charge in [0.25, 0.3) is 17.5 Å². The number of nitrogens with zero attached hydrogens (tertiary/aromatic N) is 4. The van der Waals surface area contributed by atoms with E-state index in [1.54, 1.807) is 54.6 Å². The molecule has 0 radical (unpaired) electrons. The molecule has 0 unspecified atom stereocenters. The molecule has 9 heteroatoms. The van der Waals surface area contributed by atoms with Crippen LogP contribution >= 0.6 is 0 Å². The zero-order valence-corrected chi connectivity index (χ0v) is 17.0. The molecule has 0 aromatic heterocycles. The van der Waals surface area contributed by atoms with Crippen molar-refractivity contribution in [2.24, 2.45) is 10.1 Å². The number of non-ortho nitro benzene ring substituents is 1. The van der Waals surface area contributed by atoms with E-state index in [1.165, 1.54) is 24.3 Å². The Morgan fingerprint density at radius 3 is 2.52 bits per heavy atom. The molecule has 2 aliphatic heterocycles. The maximum atomic E-state index is 13.3. The molecule has 2 amide bonds. The third-order valence-corrected chi connectivity index (χ3v) is 5.10. The van der Waals surface area contributed by atoms with Crippen molar-refractivity contribution in [2.75, 3.05) is 5.32 Å². The summed E-state index contributed by atoms with van der Waals surface area (Å²) in [6.45, 7) is 0. The van der Waals surface area contributed by atoms with Gasteiger partial charge in [-0.25, -0.2) is 4.99 Å². The number of rotatable bonds is 4. The molecule has 3 aromatic rings. The summed E-state index contributed by atoms with van der Waals surface area (Å²) in [6.07, 6.45) is 1.46. The van der Waals surface area contributed by atoms with Crippen LogP contribution in [-0.2, 0) is 9.59 Å². The summed E-state index contributed by atoms with van der Waals surface area (Å²) < 4.78 is 0. The van der Waals surface area contributed by atoms with Gasteiger partial charge in [-0.05, 0) is 17.7 Å². The van der Waals surface area contributed by atoms with Crippen molar-refractivity contribution in [3.8, 4) is 0 Å². The van der Waals surface area contributed by atoms with Gasteiger partial charge in [-0.2, -0.15) is 10.1 Å². The number of hydrazone groups is 1. The number of nitro groups is 1. The van der Waals surface area contributed by atoms with Crippen LogP contribution < -0.4 is 5.32 Å². The van der Waals surface area contributed by atoms with E-state index in [0.717, 1.165) is 5.01 Å². The molecule has 0 saturated carbocycles. The van der Waals surface area contributed by atoms with Gasteiger partial charge in [-0.3, -0.25) is 19.7 Å². The second kappa shape index (κ2) is 7.97. The van der Waals surface area contributed by atoms with Crippen molar-refractivity contribution in [3.63, 3.8) is 0 Å². The van der Waals surface area contributed by atoms with Crippen molar-refractivity contribution in [3.05, 3.63) is 111 Å². The fraction of sp³-hybridized carbons (Fsp3) is 0. The van der Waals surface area contributed by atoms with Crippen LogP contribution in [0.1, 0.15) is 16.7 Å². The highest BCUT2D eigenvalue weighted by molar-refractivity contribution is 6.54. The molecule has 2 aliphatic rings. The fourth-order valence-electron chi connectivity index (χ4n) is 3.56. The van der Waals surface area contributed by atoms with Crippen LogP contribution in [0.2, 0.25) is 0 Å². The summed E-state index contributed by atoms with van der Waals surface area (Å²) in [6, 6.07) is 21.9. The van der Waals surface area contributed by atoms with E-state index < -0.39 is 16.7 Å². The first-order valence-electron chi connectivity index (χ1n) is 9.95. The Balaban J connectivity index is 1.61. The topological polar surface area (TPSA) is 117 Å². The molecule has 0 bridgehead atoms. The summed E-state index contributed by atoms with van der Waals surface area (Å²) in [5.74, 6) is -0.723. The number of fused-ring (bicyclic) bond motifs is 1. The number of nitrogens with one attached hydrogen (secondary N) is 1. The number of amides is 2. The van der Waals surface area contributed by atoms with Gasteiger partial charge in [0.2, 0.25) is 0 Å². The quantitative estimate of drug-likeness (QED) is 0.381. The molecule has 5 rings (SSSR count). The third kappa shape index (κ3) is 3.68. The number of nitro benzene ring substituents is 1. The Bertz CT molecular complexity index is 1410. The molecule has 1 N–H and O–H groups in total. The molecule has 0 atom stereocenters. The second-order valence-corrected chi connectivity index (χ2v) is 7.25. The Morgan fingerprint density at radius 1 is 0.970 bits per heavy atom.